The van der Waals surface area contributed by atoms with Gasteiger partial charge in [-0.3, -0.25) is 10.1 Å². The van der Waals surface area contributed by atoms with Gasteiger partial charge in [-0.15, -0.1) is 0 Å². The van der Waals surface area contributed by atoms with E-state index >= 15 is 0 Å². The molecule has 4 aromatic rings. The SMILES string of the molecule is N#Cc1c(-c2cccc(Oc3ccccc3)c2)cc(-c2cccc([N+](=O)[O-])c2)nc1N. The first-order chi connectivity index (χ1) is 15.0. The molecule has 0 atom stereocenters. The molecule has 31 heavy (non-hydrogen) atoms. The second-order valence-electron chi connectivity index (χ2n) is 6.68. The average molecular weight is 408 g/mol. The minimum Gasteiger partial charge on any atom is -0.457 e. The first kappa shape index (κ1) is 19.6. The van der Waals surface area contributed by atoms with Crippen LogP contribution in [0.25, 0.3) is 22.4 Å². The zero-order chi connectivity index (χ0) is 21.8. The highest BCUT2D eigenvalue weighted by Crippen LogP contribution is 2.34. The third-order valence-electron chi connectivity index (χ3n) is 4.64. The number of non-ortho nitro benzene ring substituents is 1. The van der Waals surface area contributed by atoms with E-state index in [4.69, 9.17) is 10.5 Å². The lowest BCUT2D eigenvalue weighted by atomic mass is 9.98. The van der Waals surface area contributed by atoms with Crippen molar-refractivity contribution in [1.29, 1.82) is 5.26 Å². The molecule has 0 fully saturated rings. The van der Waals surface area contributed by atoms with Gasteiger partial charge in [-0.1, -0.05) is 42.5 Å². The van der Waals surface area contributed by atoms with Crippen molar-refractivity contribution in [2.45, 2.75) is 0 Å². The van der Waals surface area contributed by atoms with Crippen LogP contribution in [0.1, 0.15) is 5.56 Å². The van der Waals surface area contributed by atoms with Gasteiger partial charge in [-0.25, -0.2) is 4.98 Å². The van der Waals surface area contributed by atoms with Gasteiger partial charge in [0.1, 0.15) is 28.9 Å². The molecule has 0 spiro atoms. The Hall–Kier alpha value is -4.70. The van der Waals surface area contributed by atoms with Crippen molar-refractivity contribution in [3.63, 3.8) is 0 Å². The fraction of sp³-hybridized carbons (Fsp3) is 0. The summed E-state index contributed by atoms with van der Waals surface area (Å²) in [7, 11) is 0. The molecule has 1 aromatic heterocycles. The van der Waals surface area contributed by atoms with E-state index in [-0.39, 0.29) is 17.1 Å². The van der Waals surface area contributed by atoms with Crippen molar-refractivity contribution in [3.8, 4) is 40.0 Å². The van der Waals surface area contributed by atoms with Gasteiger partial charge < -0.3 is 10.5 Å². The zero-order valence-electron chi connectivity index (χ0n) is 16.2. The molecular formula is C24H16N4O3. The maximum absolute atomic E-state index is 11.1. The number of para-hydroxylation sites is 1. The van der Waals surface area contributed by atoms with E-state index < -0.39 is 4.92 Å². The lowest BCUT2D eigenvalue weighted by Crippen LogP contribution is -2.00. The predicted molar refractivity (Wildman–Crippen MR) is 117 cm³/mol. The summed E-state index contributed by atoms with van der Waals surface area (Å²) in [5.74, 6) is 1.34. The summed E-state index contributed by atoms with van der Waals surface area (Å²) in [5.41, 5.74) is 8.49. The summed E-state index contributed by atoms with van der Waals surface area (Å²) in [6.45, 7) is 0. The number of nitrogens with two attached hydrogens (primary N) is 1. The van der Waals surface area contributed by atoms with Crippen LogP contribution in [-0.2, 0) is 0 Å². The minimum atomic E-state index is -0.470. The smallest absolute Gasteiger partial charge is 0.270 e. The van der Waals surface area contributed by atoms with Crippen molar-refractivity contribution in [2.75, 3.05) is 5.73 Å². The maximum Gasteiger partial charge on any atom is 0.270 e. The van der Waals surface area contributed by atoms with Crippen LogP contribution >= 0.6 is 0 Å². The van der Waals surface area contributed by atoms with E-state index in [0.717, 1.165) is 0 Å². The van der Waals surface area contributed by atoms with Crippen LogP contribution in [0.2, 0.25) is 0 Å². The molecule has 0 bridgehead atoms. The van der Waals surface area contributed by atoms with Crippen LogP contribution in [0.15, 0.2) is 84.9 Å². The highest BCUT2D eigenvalue weighted by molar-refractivity contribution is 5.81. The molecule has 0 saturated heterocycles. The van der Waals surface area contributed by atoms with E-state index in [0.29, 0.717) is 33.9 Å². The molecular weight excluding hydrogens is 392 g/mol. The van der Waals surface area contributed by atoms with Gasteiger partial charge in [-0.05, 0) is 35.9 Å². The Morgan fingerprint density at radius 1 is 0.903 bits per heavy atom. The Balaban J connectivity index is 1.80. The summed E-state index contributed by atoms with van der Waals surface area (Å²) in [5, 5.41) is 20.8. The third-order valence-corrected chi connectivity index (χ3v) is 4.64. The normalized spacial score (nSPS) is 10.3. The molecule has 0 radical (unpaired) electrons. The number of rotatable bonds is 5. The average Bonchev–Trinajstić information content (AvgIpc) is 2.79. The number of nitro benzene ring substituents is 1. The number of hydrogen-bond acceptors (Lipinski definition) is 6. The van der Waals surface area contributed by atoms with Crippen LogP contribution in [-0.4, -0.2) is 9.91 Å². The Labute approximate surface area is 178 Å². The van der Waals surface area contributed by atoms with Crippen molar-refractivity contribution in [1.82, 2.24) is 4.98 Å². The molecule has 0 aliphatic heterocycles. The number of aromatic nitrogens is 1. The summed E-state index contributed by atoms with van der Waals surface area (Å²) >= 11 is 0. The first-order valence-corrected chi connectivity index (χ1v) is 9.34. The molecule has 0 saturated carbocycles. The number of benzene rings is 3. The van der Waals surface area contributed by atoms with Crippen molar-refractivity contribution in [3.05, 3.63) is 101 Å². The minimum absolute atomic E-state index is 0.0517. The lowest BCUT2D eigenvalue weighted by Gasteiger charge is -2.12. The lowest BCUT2D eigenvalue weighted by molar-refractivity contribution is -0.384. The molecule has 3 aromatic carbocycles. The third kappa shape index (κ3) is 4.18. The number of hydrogen-bond donors (Lipinski definition) is 1. The molecule has 0 unspecified atom stereocenters. The van der Waals surface area contributed by atoms with Crippen LogP contribution in [0.5, 0.6) is 11.5 Å². The number of nitrogens with zero attached hydrogens (tertiary/aromatic N) is 3. The number of pyridine rings is 1. The fourth-order valence-corrected chi connectivity index (χ4v) is 3.19. The highest BCUT2D eigenvalue weighted by atomic mass is 16.6. The van der Waals surface area contributed by atoms with E-state index in [9.17, 15) is 15.4 Å². The van der Waals surface area contributed by atoms with Gasteiger partial charge >= 0.3 is 0 Å². The summed E-state index contributed by atoms with van der Waals surface area (Å²) < 4.78 is 5.90. The largest absolute Gasteiger partial charge is 0.457 e. The molecule has 0 amide bonds. The van der Waals surface area contributed by atoms with Crippen LogP contribution < -0.4 is 10.5 Å². The van der Waals surface area contributed by atoms with Crippen LogP contribution in [0.3, 0.4) is 0 Å². The molecule has 7 heteroatoms. The second-order valence-corrected chi connectivity index (χ2v) is 6.68. The molecule has 0 aliphatic carbocycles. The molecule has 1 heterocycles. The van der Waals surface area contributed by atoms with E-state index in [2.05, 4.69) is 11.1 Å². The summed E-state index contributed by atoms with van der Waals surface area (Å²) in [6, 6.07) is 26.5. The van der Waals surface area contributed by atoms with Crippen molar-refractivity contribution in [2.24, 2.45) is 0 Å². The summed E-state index contributed by atoms with van der Waals surface area (Å²) in [6.07, 6.45) is 0. The standard InChI is InChI=1S/C24H16N4O3/c25-15-22-21(16-6-5-11-20(13-16)31-19-9-2-1-3-10-19)14-23(27-24(22)26)17-7-4-8-18(12-17)28(29)30/h1-14H,(H2,26,27). The van der Waals surface area contributed by atoms with Crippen LogP contribution in [0.4, 0.5) is 11.5 Å². The van der Waals surface area contributed by atoms with Gasteiger partial charge in [0.25, 0.3) is 5.69 Å². The number of anilines is 1. The van der Waals surface area contributed by atoms with Crippen molar-refractivity contribution >= 4 is 11.5 Å². The van der Waals surface area contributed by atoms with E-state index in [1.165, 1.54) is 12.1 Å². The zero-order valence-corrected chi connectivity index (χ0v) is 16.2. The topological polar surface area (TPSA) is 115 Å². The highest BCUT2D eigenvalue weighted by Gasteiger charge is 2.16. The number of nitriles is 1. The Bertz CT molecular complexity index is 1310. The Morgan fingerprint density at radius 2 is 1.61 bits per heavy atom. The van der Waals surface area contributed by atoms with Gasteiger partial charge in [0, 0.05) is 23.3 Å². The predicted octanol–water partition coefficient (Wildman–Crippen LogP) is 5.57. The molecule has 2 N–H and O–H groups in total. The van der Waals surface area contributed by atoms with Crippen molar-refractivity contribution < 1.29 is 9.66 Å². The van der Waals surface area contributed by atoms with E-state index in [1.54, 1.807) is 24.3 Å². The van der Waals surface area contributed by atoms with Gasteiger partial charge in [0.2, 0.25) is 0 Å². The molecule has 0 aliphatic rings. The first-order valence-electron chi connectivity index (χ1n) is 9.34. The number of ether oxygens (including phenoxy) is 1. The molecule has 4 rings (SSSR count). The number of nitro groups is 1. The Morgan fingerprint density at radius 3 is 2.35 bits per heavy atom. The van der Waals surface area contributed by atoms with Gasteiger partial charge in [-0.2, -0.15) is 5.26 Å². The van der Waals surface area contributed by atoms with Crippen LogP contribution in [0, 0.1) is 21.4 Å². The monoisotopic (exact) mass is 408 g/mol. The Kier molecular flexibility index (Phi) is 5.28. The fourth-order valence-electron chi connectivity index (χ4n) is 3.19. The maximum atomic E-state index is 11.1. The van der Waals surface area contributed by atoms with E-state index in [1.807, 2.05) is 48.5 Å². The molecule has 7 nitrogen and oxygen atoms in total. The molecule has 150 valence electrons. The summed E-state index contributed by atoms with van der Waals surface area (Å²) in [4.78, 5) is 15.0. The van der Waals surface area contributed by atoms with Gasteiger partial charge in [0.05, 0.1) is 10.6 Å². The van der Waals surface area contributed by atoms with Gasteiger partial charge in [0.15, 0.2) is 0 Å². The number of nitrogen functional groups attached to an aromatic ring is 1. The second kappa shape index (κ2) is 8.35. The quantitative estimate of drug-likeness (QED) is 0.341.